The lowest BCUT2D eigenvalue weighted by Gasteiger charge is -2.19. The van der Waals surface area contributed by atoms with Crippen molar-refractivity contribution in [1.82, 2.24) is 0 Å². The van der Waals surface area contributed by atoms with Gasteiger partial charge in [-0.2, -0.15) is 0 Å². The van der Waals surface area contributed by atoms with Gasteiger partial charge in [-0.25, -0.2) is 0 Å². The second kappa shape index (κ2) is 7.96. The Morgan fingerprint density at radius 2 is 1.79 bits per heavy atom. The van der Waals surface area contributed by atoms with Crippen LogP contribution >= 0.6 is 0 Å². The normalized spacial score (nSPS) is 15.4. The lowest BCUT2D eigenvalue weighted by molar-refractivity contribution is -0.118. The van der Waals surface area contributed by atoms with Gasteiger partial charge in [-0.3, -0.25) is 9.59 Å². The number of amides is 2. The van der Waals surface area contributed by atoms with E-state index in [4.69, 9.17) is 15.2 Å². The molecule has 33 heavy (non-hydrogen) atoms. The summed E-state index contributed by atoms with van der Waals surface area (Å²) in [7, 11) is 0. The molecule has 5 rings (SSSR count). The molecule has 174 valence electrons. The first-order chi connectivity index (χ1) is 15.9. The Kier molecular flexibility index (Phi) is 5.08. The fourth-order valence-electron chi connectivity index (χ4n) is 4.44. The van der Waals surface area contributed by atoms with Gasteiger partial charge in [0, 0.05) is 15.5 Å². The highest BCUT2D eigenvalue weighted by Gasteiger charge is 2.51. The third-order valence-electron chi connectivity index (χ3n) is 6.50. The molecule has 2 aliphatic rings. The minimum Gasteiger partial charge on any atom is -0.454 e. The minimum absolute atomic E-state index is 0. The van der Waals surface area contributed by atoms with Gasteiger partial charge in [0.25, 0.3) is 0 Å². The number of nitrogens with one attached hydrogen (secondary N) is 1. The lowest BCUT2D eigenvalue weighted by atomic mass is 9.91. The van der Waals surface area contributed by atoms with Crippen molar-refractivity contribution >= 4 is 17.5 Å². The predicted molar refractivity (Wildman–Crippen MR) is 133 cm³/mol. The van der Waals surface area contributed by atoms with Crippen LogP contribution < -0.4 is 20.5 Å². The van der Waals surface area contributed by atoms with Crippen LogP contribution in [0.3, 0.4) is 0 Å². The Morgan fingerprint density at radius 3 is 2.52 bits per heavy atom. The van der Waals surface area contributed by atoms with E-state index in [1.165, 1.54) is 0 Å². The average molecular weight is 449 g/mol. The molecule has 0 bridgehead atoms. The van der Waals surface area contributed by atoms with Crippen LogP contribution in [0, 0.1) is 0 Å². The summed E-state index contributed by atoms with van der Waals surface area (Å²) >= 11 is 0. The Morgan fingerprint density at radius 1 is 1.00 bits per heavy atom. The zero-order valence-corrected chi connectivity index (χ0v) is 18.7. The molecule has 1 saturated carbocycles. The van der Waals surface area contributed by atoms with Crippen LogP contribution in [0.15, 0.2) is 60.7 Å². The number of primary amides is 1. The van der Waals surface area contributed by atoms with E-state index in [1.54, 1.807) is 12.1 Å². The van der Waals surface area contributed by atoms with Crippen LogP contribution in [0.2, 0.25) is 0 Å². The standard InChI is InChI=1S/C27H26N2O4.3H2/c1-16(2)21-8-7-20(14-22(21)17-4-3-5-18(12-17)25(28)30)29-26(31)27(10-11-27)19-6-9-23-24(13-19)33-15-32-23;;;/h3-9,12-14,16H,10-11,15H2,1-2H3,(H2,28,30)(H,29,31);3*1H. The first kappa shape index (κ1) is 21.1. The van der Waals surface area contributed by atoms with Gasteiger partial charge in [-0.05, 0) is 77.4 Å². The van der Waals surface area contributed by atoms with Crippen LogP contribution in [0.25, 0.3) is 11.1 Å². The molecule has 0 atom stereocenters. The third-order valence-corrected chi connectivity index (χ3v) is 6.50. The summed E-state index contributed by atoms with van der Waals surface area (Å²) in [6.07, 6.45) is 1.58. The van der Waals surface area contributed by atoms with E-state index in [0.717, 1.165) is 40.8 Å². The number of rotatable bonds is 6. The molecule has 0 aromatic heterocycles. The van der Waals surface area contributed by atoms with Crippen LogP contribution in [0.5, 0.6) is 11.5 Å². The number of benzene rings is 3. The number of ether oxygens (including phenoxy) is 2. The largest absolute Gasteiger partial charge is 0.454 e. The SMILES string of the molecule is CC(C)c1ccc(NC(=O)C2(c3ccc4c(c3)OCO4)CC2)cc1-c1cccc(C(N)=O)c1.[HH].[HH].[HH]. The number of anilines is 1. The summed E-state index contributed by atoms with van der Waals surface area (Å²) in [5.74, 6) is 1.17. The van der Waals surface area contributed by atoms with Gasteiger partial charge in [0.2, 0.25) is 18.6 Å². The number of hydrogen-bond donors (Lipinski definition) is 2. The highest BCUT2D eigenvalue weighted by molar-refractivity contribution is 6.02. The van der Waals surface area contributed by atoms with E-state index in [-0.39, 0.29) is 22.9 Å². The van der Waals surface area contributed by atoms with Crippen molar-refractivity contribution in [2.24, 2.45) is 5.73 Å². The van der Waals surface area contributed by atoms with E-state index in [0.29, 0.717) is 17.1 Å². The zero-order valence-electron chi connectivity index (χ0n) is 18.7. The summed E-state index contributed by atoms with van der Waals surface area (Å²) in [6.45, 7) is 4.45. The summed E-state index contributed by atoms with van der Waals surface area (Å²) < 4.78 is 10.9. The molecule has 0 radical (unpaired) electrons. The van der Waals surface area contributed by atoms with Gasteiger partial charge >= 0.3 is 0 Å². The molecule has 1 aliphatic carbocycles. The molecule has 1 aliphatic heterocycles. The lowest BCUT2D eigenvalue weighted by Crippen LogP contribution is -2.27. The fourth-order valence-corrected chi connectivity index (χ4v) is 4.44. The number of hydrogen-bond acceptors (Lipinski definition) is 4. The number of fused-ring (bicyclic) bond motifs is 1. The van der Waals surface area contributed by atoms with Gasteiger partial charge in [0.15, 0.2) is 11.5 Å². The maximum Gasteiger partial charge on any atom is 0.248 e. The summed E-state index contributed by atoms with van der Waals surface area (Å²) in [4.78, 5) is 25.0. The van der Waals surface area contributed by atoms with Gasteiger partial charge in [0.05, 0.1) is 5.41 Å². The number of nitrogens with two attached hydrogens (primary N) is 1. The molecular weight excluding hydrogens is 416 g/mol. The van der Waals surface area contributed by atoms with E-state index < -0.39 is 11.3 Å². The number of carbonyl (C=O) groups excluding carboxylic acids is 2. The van der Waals surface area contributed by atoms with Crippen LogP contribution in [-0.2, 0) is 10.2 Å². The van der Waals surface area contributed by atoms with Gasteiger partial charge < -0.3 is 20.5 Å². The first-order valence-corrected chi connectivity index (χ1v) is 11.1. The van der Waals surface area contributed by atoms with E-state index >= 15 is 0 Å². The van der Waals surface area contributed by atoms with Crippen LogP contribution in [0.1, 0.15) is 58.4 Å². The molecule has 0 unspecified atom stereocenters. The maximum absolute atomic E-state index is 13.4. The molecular formula is C27H32N2O4. The van der Waals surface area contributed by atoms with E-state index in [1.807, 2.05) is 48.5 Å². The Hall–Kier alpha value is -3.80. The highest BCUT2D eigenvalue weighted by Crippen LogP contribution is 2.51. The Labute approximate surface area is 197 Å². The van der Waals surface area contributed by atoms with Crippen LogP contribution in [-0.4, -0.2) is 18.6 Å². The number of carbonyl (C=O) groups is 2. The highest BCUT2D eigenvalue weighted by atomic mass is 16.7. The second-order valence-electron chi connectivity index (χ2n) is 9.01. The molecule has 3 aromatic carbocycles. The third kappa shape index (κ3) is 3.82. The molecule has 3 N–H and O–H groups in total. The van der Waals surface area contributed by atoms with Crippen molar-refractivity contribution in [1.29, 1.82) is 0 Å². The molecule has 0 saturated heterocycles. The fraction of sp³-hybridized carbons (Fsp3) is 0.259. The average Bonchev–Trinajstić information content (AvgIpc) is 3.49. The molecule has 0 spiro atoms. The van der Waals surface area contributed by atoms with Crippen molar-refractivity contribution in [2.45, 2.75) is 38.0 Å². The van der Waals surface area contributed by atoms with Crippen molar-refractivity contribution in [3.05, 3.63) is 77.4 Å². The minimum atomic E-state index is -0.552. The smallest absolute Gasteiger partial charge is 0.248 e. The molecule has 1 fully saturated rings. The first-order valence-electron chi connectivity index (χ1n) is 11.1. The second-order valence-corrected chi connectivity index (χ2v) is 9.01. The van der Waals surface area contributed by atoms with Crippen molar-refractivity contribution in [2.75, 3.05) is 12.1 Å². The van der Waals surface area contributed by atoms with E-state index in [9.17, 15) is 9.59 Å². The predicted octanol–water partition coefficient (Wildman–Crippen LogP) is 5.71. The maximum atomic E-state index is 13.4. The summed E-state index contributed by atoms with van der Waals surface area (Å²) in [5, 5.41) is 3.12. The van der Waals surface area contributed by atoms with Crippen molar-refractivity contribution in [3.63, 3.8) is 0 Å². The Bertz CT molecular complexity index is 1280. The Balaban J connectivity index is 0.00000152. The summed E-state index contributed by atoms with van der Waals surface area (Å²) in [5.41, 5.74) is 10.0. The molecule has 1 heterocycles. The van der Waals surface area contributed by atoms with Crippen LogP contribution in [0.4, 0.5) is 5.69 Å². The summed E-state index contributed by atoms with van der Waals surface area (Å²) in [6, 6.07) is 18.9. The van der Waals surface area contributed by atoms with Gasteiger partial charge in [0.1, 0.15) is 0 Å². The van der Waals surface area contributed by atoms with Crippen molar-refractivity contribution in [3.8, 4) is 22.6 Å². The van der Waals surface area contributed by atoms with Gasteiger partial charge in [-0.1, -0.05) is 38.1 Å². The van der Waals surface area contributed by atoms with Gasteiger partial charge in [-0.15, -0.1) is 0 Å². The van der Waals surface area contributed by atoms with Crippen molar-refractivity contribution < 1.29 is 23.3 Å². The zero-order chi connectivity index (χ0) is 23.2. The molecule has 3 aromatic rings. The quantitative estimate of drug-likeness (QED) is 0.505. The molecule has 2 amide bonds. The topological polar surface area (TPSA) is 90.7 Å². The molecule has 6 nitrogen and oxygen atoms in total. The molecule has 6 heteroatoms. The monoisotopic (exact) mass is 448 g/mol. The van der Waals surface area contributed by atoms with E-state index in [2.05, 4.69) is 19.2 Å².